The first-order valence-corrected chi connectivity index (χ1v) is 6.14. The summed E-state index contributed by atoms with van der Waals surface area (Å²) in [6.45, 7) is 8.00. The molecule has 0 amide bonds. The van der Waals surface area contributed by atoms with Crippen molar-refractivity contribution in [1.82, 2.24) is 4.90 Å². The number of ketones is 1. The molecular formula is C12H21NO3. The number of hydrogen-bond donors (Lipinski definition) is 0. The van der Waals surface area contributed by atoms with Crippen LogP contribution in [0, 0.1) is 5.92 Å². The Morgan fingerprint density at radius 1 is 1.38 bits per heavy atom. The lowest BCUT2D eigenvalue weighted by Gasteiger charge is -2.39. The van der Waals surface area contributed by atoms with Crippen molar-refractivity contribution in [3.63, 3.8) is 0 Å². The van der Waals surface area contributed by atoms with Gasteiger partial charge in [-0.05, 0) is 6.92 Å². The molecule has 0 N–H and O–H groups in total. The number of hydrogen-bond acceptors (Lipinski definition) is 4. The van der Waals surface area contributed by atoms with Crippen molar-refractivity contribution < 1.29 is 14.3 Å². The van der Waals surface area contributed by atoms with Crippen LogP contribution >= 0.6 is 0 Å². The van der Waals surface area contributed by atoms with Gasteiger partial charge in [-0.2, -0.15) is 0 Å². The number of carbonyl (C=O) groups excluding carboxylic acids is 1. The Morgan fingerprint density at radius 3 is 2.88 bits per heavy atom. The second kappa shape index (κ2) is 5.25. The molecule has 2 aliphatic rings. The first kappa shape index (κ1) is 12.0. The third kappa shape index (κ3) is 2.62. The number of rotatable bonds is 2. The van der Waals surface area contributed by atoms with Gasteiger partial charge >= 0.3 is 0 Å². The fourth-order valence-electron chi connectivity index (χ4n) is 2.43. The summed E-state index contributed by atoms with van der Waals surface area (Å²) in [5.41, 5.74) is 0. The molecule has 0 aromatic rings. The Morgan fingerprint density at radius 2 is 2.19 bits per heavy atom. The van der Waals surface area contributed by atoms with Gasteiger partial charge < -0.3 is 9.47 Å². The fraction of sp³-hybridized carbons (Fsp3) is 0.917. The number of ether oxygens (including phenoxy) is 2. The Kier molecular flexibility index (Phi) is 3.95. The molecule has 3 unspecified atom stereocenters. The van der Waals surface area contributed by atoms with Crippen molar-refractivity contribution in [3.8, 4) is 0 Å². The zero-order chi connectivity index (χ0) is 11.5. The summed E-state index contributed by atoms with van der Waals surface area (Å²) in [4.78, 5) is 13.9. The second-order valence-corrected chi connectivity index (χ2v) is 4.81. The minimum absolute atomic E-state index is 0.151. The highest BCUT2D eigenvalue weighted by molar-refractivity contribution is 5.82. The van der Waals surface area contributed by atoms with Gasteiger partial charge in [-0.1, -0.05) is 6.92 Å². The quantitative estimate of drug-likeness (QED) is 0.696. The molecule has 0 aromatic heterocycles. The third-order valence-corrected chi connectivity index (χ3v) is 3.78. The highest BCUT2D eigenvalue weighted by Gasteiger charge is 2.32. The van der Waals surface area contributed by atoms with Crippen molar-refractivity contribution in [1.29, 1.82) is 0 Å². The van der Waals surface area contributed by atoms with E-state index in [9.17, 15) is 4.79 Å². The predicted octanol–water partition coefficient (Wildman–Crippen LogP) is 0.701. The average Bonchev–Trinajstić information content (AvgIpc) is 2.31. The van der Waals surface area contributed by atoms with Gasteiger partial charge in [0.1, 0.15) is 5.78 Å². The monoisotopic (exact) mass is 227 g/mol. The van der Waals surface area contributed by atoms with Gasteiger partial charge in [0.25, 0.3) is 0 Å². The highest BCUT2D eigenvalue weighted by atomic mass is 16.6. The first-order valence-electron chi connectivity index (χ1n) is 6.14. The topological polar surface area (TPSA) is 38.8 Å². The van der Waals surface area contributed by atoms with Crippen LogP contribution < -0.4 is 0 Å². The van der Waals surface area contributed by atoms with Gasteiger partial charge in [-0.3, -0.25) is 9.69 Å². The molecule has 0 aliphatic carbocycles. The third-order valence-electron chi connectivity index (χ3n) is 3.78. The van der Waals surface area contributed by atoms with Crippen LogP contribution in [0.25, 0.3) is 0 Å². The van der Waals surface area contributed by atoms with Crippen molar-refractivity contribution >= 4 is 5.78 Å². The number of likely N-dealkylation sites (tertiary alicyclic amines) is 1. The number of piperidine rings is 1. The van der Waals surface area contributed by atoms with Gasteiger partial charge in [0, 0.05) is 31.5 Å². The van der Waals surface area contributed by atoms with E-state index in [-0.39, 0.29) is 12.0 Å². The lowest BCUT2D eigenvalue weighted by atomic mass is 9.90. The van der Waals surface area contributed by atoms with Crippen LogP contribution in [-0.2, 0) is 14.3 Å². The maximum Gasteiger partial charge on any atom is 0.138 e. The summed E-state index contributed by atoms with van der Waals surface area (Å²) in [5, 5.41) is 0. The minimum atomic E-state index is 0.151. The molecule has 2 aliphatic heterocycles. The zero-order valence-corrected chi connectivity index (χ0v) is 10.1. The molecule has 92 valence electrons. The SMILES string of the molecule is CC1C(=O)CCN(CC2COCCO2)C1C. The Balaban J connectivity index is 1.86. The second-order valence-electron chi connectivity index (χ2n) is 4.81. The Hall–Kier alpha value is -0.450. The van der Waals surface area contributed by atoms with E-state index in [1.807, 2.05) is 6.92 Å². The largest absolute Gasteiger partial charge is 0.376 e. The van der Waals surface area contributed by atoms with Gasteiger partial charge in [-0.15, -0.1) is 0 Å². The molecule has 3 atom stereocenters. The van der Waals surface area contributed by atoms with Crippen LogP contribution in [0.15, 0.2) is 0 Å². The summed E-state index contributed by atoms with van der Waals surface area (Å²) in [7, 11) is 0. The van der Waals surface area contributed by atoms with Gasteiger partial charge in [0.05, 0.1) is 25.9 Å². The highest BCUT2D eigenvalue weighted by Crippen LogP contribution is 2.21. The molecular weight excluding hydrogens is 206 g/mol. The van der Waals surface area contributed by atoms with E-state index in [0.717, 1.165) is 13.1 Å². The molecule has 4 heteroatoms. The molecule has 2 saturated heterocycles. The van der Waals surface area contributed by atoms with Gasteiger partial charge in [0.15, 0.2) is 0 Å². The number of carbonyl (C=O) groups is 1. The van der Waals surface area contributed by atoms with E-state index in [1.54, 1.807) is 0 Å². The molecule has 0 saturated carbocycles. The van der Waals surface area contributed by atoms with Crippen LogP contribution in [-0.4, -0.2) is 55.7 Å². The zero-order valence-electron chi connectivity index (χ0n) is 10.1. The average molecular weight is 227 g/mol. The molecule has 0 radical (unpaired) electrons. The summed E-state index contributed by atoms with van der Waals surface area (Å²) in [6, 6.07) is 0.326. The van der Waals surface area contributed by atoms with Crippen LogP contribution in [0.2, 0.25) is 0 Å². The maximum atomic E-state index is 11.6. The first-order chi connectivity index (χ1) is 7.68. The fourth-order valence-corrected chi connectivity index (χ4v) is 2.43. The summed E-state index contributed by atoms with van der Waals surface area (Å²) in [6.07, 6.45) is 0.857. The maximum absolute atomic E-state index is 11.6. The predicted molar refractivity (Wildman–Crippen MR) is 60.4 cm³/mol. The van der Waals surface area contributed by atoms with Crippen LogP contribution in [0.4, 0.5) is 0 Å². The number of nitrogens with zero attached hydrogens (tertiary/aromatic N) is 1. The van der Waals surface area contributed by atoms with Crippen molar-refractivity contribution in [2.75, 3.05) is 32.9 Å². The summed E-state index contributed by atoms with van der Waals surface area (Å²) in [5.74, 6) is 0.544. The smallest absolute Gasteiger partial charge is 0.138 e. The molecule has 2 fully saturated rings. The van der Waals surface area contributed by atoms with E-state index in [1.165, 1.54) is 0 Å². The van der Waals surface area contributed by atoms with Crippen LogP contribution in [0.3, 0.4) is 0 Å². The molecule has 0 aromatic carbocycles. The molecule has 16 heavy (non-hydrogen) atoms. The summed E-state index contributed by atoms with van der Waals surface area (Å²) < 4.78 is 11.0. The van der Waals surface area contributed by atoms with Gasteiger partial charge in [0.2, 0.25) is 0 Å². The van der Waals surface area contributed by atoms with Gasteiger partial charge in [-0.25, -0.2) is 0 Å². The van der Waals surface area contributed by atoms with E-state index in [2.05, 4.69) is 11.8 Å². The van der Waals surface area contributed by atoms with E-state index in [4.69, 9.17) is 9.47 Å². The van der Waals surface area contributed by atoms with Crippen molar-refractivity contribution in [3.05, 3.63) is 0 Å². The molecule has 0 bridgehead atoms. The van der Waals surface area contributed by atoms with Crippen molar-refractivity contribution in [2.45, 2.75) is 32.4 Å². The Bertz CT molecular complexity index is 251. The lowest BCUT2D eigenvalue weighted by Crippen LogP contribution is -2.51. The van der Waals surface area contributed by atoms with Crippen molar-refractivity contribution in [2.24, 2.45) is 5.92 Å². The Labute approximate surface area is 96.9 Å². The molecule has 4 nitrogen and oxygen atoms in total. The molecule has 0 spiro atoms. The molecule has 2 heterocycles. The van der Waals surface area contributed by atoms with E-state index < -0.39 is 0 Å². The minimum Gasteiger partial charge on any atom is -0.376 e. The van der Waals surface area contributed by atoms with Crippen LogP contribution in [0.5, 0.6) is 0 Å². The number of Topliss-reactive ketones (excluding diaryl/α,β-unsaturated/α-hetero) is 1. The van der Waals surface area contributed by atoms with Crippen LogP contribution in [0.1, 0.15) is 20.3 Å². The standard InChI is InChI=1S/C12H21NO3/c1-9-10(2)13(4-3-12(9)14)7-11-8-15-5-6-16-11/h9-11H,3-8H2,1-2H3. The molecule has 2 rings (SSSR count). The lowest BCUT2D eigenvalue weighted by molar-refractivity contribution is -0.131. The van der Waals surface area contributed by atoms with E-state index in [0.29, 0.717) is 38.1 Å². The summed E-state index contributed by atoms with van der Waals surface area (Å²) >= 11 is 0. The normalized spacial score (nSPS) is 37.6. The van der Waals surface area contributed by atoms with E-state index >= 15 is 0 Å².